The SMILES string of the molecule is COC(=O)c1ccc2c(c1)CCN2C(=O)[C@H](C)N1C(=O)c2ccc(C)cc2C1=O. The maximum absolute atomic E-state index is 13.2. The molecule has 0 aliphatic carbocycles. The number of imide groups is 1. The van der Waals surface area contributed by atoms with Crippen LogP contribution in [0.25, 0.3) is 0 Å². The van der Waals surface area contributed by atoms with Crippen LogP contribution in [0, 0.1) is 6.92 Å². The molecule has 0 unspecified atom stereocenters. The lowest BCUT2D eigenvalue weighted by atomic mass is 10.1. The summed E-state index contributed by atoms with van der Waals surface area (Å²) in [5, 5.41) is 0. The summed E-state index contributed by atoms with van der Waals surface area (Å²) in [6.45, 7) is 3.84. The smallest absolute Gasteiger partial charge is 0.337 e. The predicted molar refractivity (Wildman–Crippen MR) is 105 cm³/mol. The molecule has 0 saturated carbocycles. The van der Waals surface area contributed by atoms with E-state index in [0.717, 1.165) is 16.0 Å². The van der Waals surface area contributed by atoms with Gasteiger partial charge in [-0.2, -0.15) is 0 Å². The minimum absolute atomic E-state index is 0.324. The van der Waals surface area contributed by atoms with E-state index in [1.165, 1.54) is 7.11 Å². The van der Waals surface area contributed by atoms with Crippen molar-refractivity contribution in [2.24, 2.45) is 0 Å². The molecule has 7 nitrogen and oxygen atoms in total. The number of methoxy groups -OCH3 is 1. The topological polar surface area (TPSA) is 84.0 Å². The zero-order valence-corrected chi connectivity index (χ0v) is 16.4. The molecule has 4 rings (SSSR count). The van der Waals surface area contributed by atoms with Gasteiger partial charge in [0.1, 0.15) is 6.04 Å². The summed E-state index contributed by atoms with van der Waals surface area (Å²) >= 11 is 0. The second-order valence-electron chi connectivity index (χ2n) is 7.28. The molecule has 7 heteroatoms. The van der Waals surface area contributed by atoms with Crippen molar-refractivity contribution in [1.82, 2.24) is 4.90 Å². The predicted octanol–water partition coefficient (Wildman–Crippen LogP) is 2.36. The molecule has 148 valence electrons. The van der Waals surface area contributed by atoms with Crippen molar-refractivity contribution in [3.63, 3.8) is 0 Å². The largest absolute Gasteiger partial charge is 0.465 e. The Balaban J connectivity index is 1.60. The molecule has 1 atom stereocenters. The molecule has 0 saturated heterocycles. The molecule has 2 aromatic carbocycles. The maximum Gasteiger partial charge on any atom is 0.337 e. The van der Waals surface area contributed by atoms with Crippen molar-refractivity contribution in [3.05, 3.63) is 64.2 Å². The Labute approximate surface area is 167 Å². The first kappa shape index (κ1) is 18.9. The number of nitrogens with zero attached hydrogens (tertiary/aromatic N) is 2. The number of esters is 1. The van der Waals surface area contributed by atoms with Gasteiger partial charge in [0, 0.05) is 12.2 Å². The summed E-state index contributed by atoms with van der Waals surface area (Å²) in [5.74, 6) is -1.67. The van der Waals surface area contributed by atoms with Crippen molar-refractivity contribution in [2.45, 2.75) is 26.3 Å². The van der Waals surface area contributed by atoms with Gasteiger partial charge in [0.2, 0.25) is 5.91 Å². The van der Waals surface area contributed by atoms with Crippen molar-refractivity contribution in [3.8, 4) is 0 Å². The van der Waals surface area contributed by atoms with Crippen LogP contribution in [0.5, 0.6) is 0 Å². The van der Waals surface area contributed by atoms with Crippen LogP contribution in [0.15, 0.2) is 36.4 Å². The lowest BCUT2D eigenvalue weighted by Gasteiger charge is -2.27. The first-order chi connectivity index (χ1) is 13.8. The first-order valence-electron chi connectivity index (χ1n) is 9.34. The fraction of sp³-hybridized carbons (Fsp3) is 0.273. The van der Waals surface area contributed by atoms with Gasteiger partial charge in [-0.05, 0) is 56.2 Å². The normalized spacial score (nSPS) is 16.0. The van der Waals surface area contributed by atoms with Gasteiger partial charge in [-0.3, -0.25) is 19.3 Å². The lowest BCUT2D eigenvalue weighted by Crippen LogP contribution is -2.49. The Kier molecular flexibility index (Phi) is 4.45. The zero-order valence-electron chi connectivity index (χ0n) is 16.4. The fourth-order valence-corrected chi connectivity index (χ4v) is 3.94. The van der Waals surface area contributed by atoms with Crippen molar-refractivity contribution >= 4 is 29.4 Å². The standard InChI is InChI=1S/C22H20N2O5/c1-12-4-6-16-17(10-12)21(27)24(20(16)26)13(2)19(25)23-9-8-14-11-15(22(28)29-3)5-7-18(14)23/h4-7,10-11,13H,8-9H2,1-3H3/t13-/m0/s1. The van der Waals surface area contributed by atoms with E-state index in [2.05, 4.69) is 0 Å². The summed E-state index contributed by atoms with van der Waals surface area (Å²) in [4.78, 5) is 53.1. The molecule has 0 aromatic heterocycles. The van der Waals surface area contributed by atoms with E-state index in [1.54, 1.807) is 48.2 Å². The van der Waals surface area contributed by atoms with Crippen LogP contribution in [-0.4, -0.2) is 48.3 Å². The van der Waals surface area contributed by atoms with Crippen LogP contribution in [0.4, 0.5) is 5.69 Å². The molecule has 0 bridgehead atoms. The monoisotopic (exact) mass is 392 g/mol. The Morgan fingerprint density at radius 1 is 1.03 bits per heavy atom. The number of carbonyl (C=O) groups is 4. The molecule has 2 aromatic rings. The average Bonchev–Trinajstić information content (AvgIpc) is 3.24. The van der Waals surface area contributed by atoms with Crippen LogP contribution >= 0.6 is 0 Å². The molecule has 2 aliphatic rings. The highest BCUT2D eigenvalue weighted by Gasteiger charge is 2.42. The van der Waals surface area contributed by atoms with Gasteiger partial charge >= 0.3 is 5.97 Å². The van der Waals surface area contributed by atoms with E-state index in [9.17, 15) is 19.2 Å². The van der Waals surface area contributed by atoms with Crippen molar-refractivity contribution < 1.29 is 23.9 Å². The van der Waals surface area contributed by atoms with Gasteiger partial charge in [-0.15, -0.1) is 0 Å². The maximum atomic E-state index is 13.2. The minimum Gasteiger partial charge on any atom is -0.465 e. The zero-order chi connectivity index (χ0) is 20.9. The third-order valence-corrected chi connectivity index (χ3v) is 5.48. The molecule has 3 amide bonds. The van der Waals surface area contributed by atoms with Crippen LogP contribution in [0.3, 0.4) is 0 Å². The molecule has 2 aliphatic heterocycles. The van der Waals surface area contributed by atoms with Gasteiger partial charge in [0.15, 0.2) is 0 Å². The number of anilines is 1. The number of fused-ring (bicyclic) bond motifs is 2. The highest BCUT2D eigenvalue weighted by atomic mass is 16.5. The van der Waals surface area contributed by atoms with Crippen LogP contribution in [0.2, 0.25) is 0 Å². The van der Waals surface area contributed by atoms with Crippen molar-refractivity contribution in [2.75, 3.05) is 18.6 Å². The van der Waals surface area contributed by atoms with Crippen LogP contribution < -0.4 is 4.90 Å². The Morgan fingerprint density at radius 3 is 2.48 bits per heavy atom. The Morgan fingerprint density at radius 2 is 1.76 bits per heavy atom. The summed E-state index contributed by atoms with van der Waals surface area (Å²) in [7, 11) is 1.32. The van der Waals surface area contributed by atoms with Gasteiger partial charge in [0.25, 0.3) is 11.8 Å². The summed E-state index contributed by atoms with van der Waals surface area (Å²) in [6, 6.07) is 9.15. The highest BCUT2D eigenvalue weighted by Crippen LogP contribution is 2.32. The van der Waals surface area contributed by atoms with E-state index in [0.29, 0.717) is 35.3 Å². The molecule has 0 N–H and O–H groups in total. The van der Waals surface area contributed by atoms with Gasteiger partial charge in [-0.25, -0.2) is 4.79 Å². The lowest BCUT2D eigenvalue weighted by molar-refractivity contribution is -0.121. The minimum atomic E-state index is -0.936. The molecule has 2 heterocycles. The van der Waals surface area contributed by atoms with Gasteiger partial charge in [-0.1, -0.05) is 11.6 Å². The van der Waals surface area contributed by atoms with Gasteiger partial charge in [0.05, 0.1) is 23.8 Å². The molecular weight excluding hydrogens is 372 g/mol. The van der Waals surface area contributed by atoms with Crippen LogP contribution in [-0.2, 0) is 16.0 Å². The number of aryl methyl sites for hydroxylation is 1. The number of amides is 3. The van der Waals surface area contributed by atoms with E-state index < -0.39 is 23.8 Å². The molecule has 0 spiro atoms. The third-order valence-electron chi connectivity index (χ3n) is 5.48. The summed E-state index contributed by atoms with van der Waals surface area (Å²) in [6.07, 6.45) is 0.583. The second-order valence-corrected chi connectivity index (χ2v) is 7.28. The van der Waals surface area contributed by atoms with E-state index >= 15 is 0 Å². The summed E-state index contributed by atoms with van der Waals surface area (Å²) in [5.41, 5.74) is 3.49. The Hall–Kier alpha value is -3.48. The molecule has 0 radical (unpaired) electrons. The first-order valence-corrected chi connectivity index (χ1v) is 9.34. The fourth-order valence-electron chi connectivity index (χ4n) is 3.94. The van der Waals surface area contributed by atoms with Gasteiger partial charge < -0.3 is 9.64 Å². The number of rotatable bonds is 3. The molecule has 0 fully saturated rings. The second kappa shape index (κ2) is 6.84. The van der Waals surface area contributed by atoms with E-state index in [4.69, 9.17) is 4.74 Å². The average molecular weight is 392 g/mol. The third kappa shape index (κ3) is 2.90. The Bertz CT molecular complexity index is 1070. The van der Waals surface area contributed by atoms with E-state index in [-0.39, 0.29) is 5.91 Å². The molecular formula is C22H20N2O5. The molecule has 29 heavy (non-hydrogen) atoms. The quantitative estimate of drug-likeness (QED) is 0.591. The number of benzene rings is 2. The van der Waals surface area contributed by atoms with Crippen molar-refractivity contribution in [1.29, 1.82) is 0 Å². The highest BCUT2D eigenvalue weighted by molar-refractivity contribution is 6.23. The number of hydrogen-bond acceptors (Lipinski definition) is 5. The van der Waals surface area contributed by atoms with Crippen LogP contribution in [0.1, 0.15) is 49.1 Å². The van der Waals surface area contributed by atoms with E-state index in [1.807, 2.05) is 6.92 Å². The number of carbonyl (C=O) groups excluding carboxylic acids is 4. The number of ether oxygens (including phenoxy) is 1. The summed E-state index contributed by atoms with van der Waals surface area (Å²) < 4.78 is 4.74. The number of hydrogen-bond donors (Lipinski definition) is 0.